The van der Waals surface area contributed by atoms with E-state index in [9.17, 15) is 18.0 Å². The molecule has 118 valence electrons. The number of esters is 1. The SMILES string of the molecule is Cc1ccc(C(=O)OC23C=C(F)C(C)(CC2)CC3)c(F)c1F. The van der Waals surface area contributed by atoms with E-state index >= 15 is 0 Å². The lowest BCUT2D eigenvalue weighted by atomic mass is 9.63. The Morgan fingerprint density at radius 2 is 1.73 bits per heavy atom. The van der Waals surface area contributed by atoms with Crippen molar-refractivity contribution in [2.45, 2.75) is 45.1 Å². The highest BCUT2D eigenvalue weighted by Gasteiger charge is 2.49. The summed E-state index contributed by atoms with van der Waals surface area (Å²) in [5, 5.41) is 0. The molecule has 3 aliphatic rings. The summed E-state index contributed by atoms with van der Waals surface area (Å²) in [6, 6.07) is 2.52. The molecule has 2 nitrogen and oxygen atoms in total. The van der Waals surface area contributed by atoms with Crippen LogP contribution >= 0.6 is 0 Å². The minimum absolute atomic E-state index is 0.115. The first kappa shape index (κ1) is 15.1. The fraction of sp³-hybridized carbons (Fsp3) is 0.471. The van der Waals surface area contributed by atoms with Gasteiger partial charge in [-0.25, -0.2) is 18.0 Å². The van der Waals surface area contributed by atoms with Crippen LogP contribution in [0.15, 0.2) is 24.0 Å². The van der Waals surface area contributed by atoms with Crippen LogP contribution in [0.5, 0.6) is 0 Å². The summed E-state index contributed by atoms with van der Waals surface area (Å²) in [4.78, 5) is 12.2. The van der Waals surface area contributed by atoms with Crippen molar-refractivity contribution in [3.8, 4) is 0 Å². The predicted molar refractivity (Wildman–Crippen MR) is 75.0 cm³/mol. The summed E-state index contributed by atoms with van der Waals surface area (Å²) in [7, 11) is 0. The van der Waals surface area contributed by atoms with Gasteiger partial charge in [-0.05, 0) is 50.3 Å². The zero-order chi connectivity index (χ0) is 16.1. The Morgan fingerprint density at radius 1 is 1.09 bits per heavy atom. The zero-order valence-corrected chi connectivity index (χ0v) is 12.5. The van der Waals surface area contributed by atoms with Crippen LogP contribution in [0.3, 0.4) is 0 Å². The summed E-state index contributed by atoms with van der Waals surface area (Å²) < 4.78 is 46.9. The third-order valence-electron chi connectivity index (χ3n) is 4.96. The molecular formula is C17H17F3O2. The average molecular weight is 310 g/mol. The van der Waals surface area contributed by atoms with E-state index in [-0.39, 0.29) is 11.4 Å². The number of aryl methyl sites for hydroxylation is 1. The van der Waals surface area contributed by atoms with E-state index in [1.165, 1.54) is 25.1 Å². The van der Waals surface area contributed by atoms with Crippen LogP contribution in [0, 0.1) is 24.0 Å². The van der Waals surface area contributed by atoms with Gasteiger partial charge < -0.3 is 4.74 Å². The highest BCUT2D eigenvalue weighted by molar-refractivity contribution is 5.90. The van der Waals surface area contributed by atoms with Gasteiger partial charge in [-0.15, -0.1) is 0 Å². The number of allylic oxidation sites excluding steroid dienone is 1. The van der Waals surface area contributed by atoms with Crippen molar-refractivity contribution in [3.63, 3.8) is 0 Å². The summed E-state index contributed by atoms with van der Waals surface area (Å²) in [5.74, 6) is -3.52. The number of ether oxygens (including phenoxy) is 1. The van der Waals surface area contributed by atoms with Crippen LogP contribution in [-0.2, 0) is 4.74 Å². The molecule has 1 fully saturated rings. The quantitative estimate of drug-likeness (QED) is 0.745. The molecule has 0 aromatic heterocycles. The molecule has 5 heteroatoms. The average Bonchev–Trinajstić information content (AvgIpc) is 2.47. The molecule has 0 atom stereocenters. The van der Waals surface area contributed by atoms with Crippen molar-refractivity contribution < 1.29 is 22.7 Å². The van der Waals surface area contributed by atoms with Crippen LogP contribution in [0.2, 0.25) is 0 Å². The minimum atomic E-state index is -1.22. The first-order valence-electron chi connectivity index (χ1n) is 7.33. The Morgan fingerprint density at radius 3 is 2.32 bits per heavy atom. The Bertz CT molecular complexity index is 671. The molecule has 2 bridgehead atoms. The van der Waals surface area contributed by atoms with Gasteiger partial charge in [0.25, 0.3) is 0 Å². The molecule has 0 spiro atoms. The third-order valence-corrected chi connectivity index (χ3v) is 4.96. The van der Waals surface area contributed by atoms with Crippen LogP contribution in [-0.4, -0.2) is 11.6 Å². The van der Waals surface area contributed by atoms with Gasteiger partial charge >= 0.3 is 5.97 Å². The van der Waals surface area contributed by atoms with E-state index in [4.69, 9.17) is 4.74 Å². The Labute approximate surface area is 127 Å². The van der Waals surface area contributed by atoms with Gasteiger partial charge in [0.15, 0.2) is 11.6 Å². The normalized spacial score (nSPS) is 30.1. The van der Waals surface area contributed by atoms with E-state index in [0.717, 1.165) is 0 Å². The maximum Gasteiger partial charge on any atom is 0.342 e. The smallest absolute Gasteiger partial charge is 0.342 e. The lowest BCUT2D eigenvalue weighted by Gasteiger charge is -2.47. The molecule has 1 saturated carbocycles. The molecule has 0 N–H and O–H groups in total. The fourth-order valence-corrected chi connectivity index (χ4v) is 3.19. The van der Waals surface area contributed by atoms with Gasteiger partial charge in [0.1, 0.15) is 11.4 Å². The Kier molecular flexibility index (Phi) is 3.34. The van der Waals surface area contributed by atoms with E-state index in [0.29, 0.717) is 25.7 Å². The van der Waals surface area contributed by atoms with E-state index in [2.05, 4.69) is 0 Å². The fourth-order valence-electron chi connectivity index (χ4n) is 3.19. The van der Waals surface area contributed by atoms with Crippen LogP contribution in [0.25, 0.3) is 0 Å². The monoisotopic (exact) mass is 310 g/mol. The summed E-state index contributed by atoms with van der Waals surface area (Å²) in [6.07, 6.45) is 3.48. The topological polar surface area (TPSA) is 26.3 Å². The minimum Gasteiger partial charge on any atom is -0.451 e. The molecule has 1 aromatic carbocycles. The molecule has 0 heterocycles. The molecule has 1 aromatic rings. The Hall–Kier alpha value is -1.78. The maximum absolute atomic E-state index is 14.1. The van der Waals surface area contributed by atoms with E-state index in [1.54, 1.807) is 0 Å². The first-order chi connectivity index (χ1) is 10.3. The number of benzene rings is 1. The van der Waals surface area contributed by atoms with Crippen molar-refractivity contribution in [1.29, 1.82) is 0 Å². The van der Waals surface area contributed by atoms with Gasteiger partial charge in [-0.1, -0.05) is 13.0 Å². The molecule has 0 aliphatic heterocycles. The number of carbonyl (C=O) groups is 1. The first-order valence-corrected chi connectivity index (χ1v) is 7.33. The van der Waals surface area contributed by atoms with Crippen molar-refractivity contribution in [2.75, 3.05) is 0 Å². The molecule has 4 rings (SSSR count). The highest BCUT2D eigenvalue weighted by atomic mass is 19.2. The van der Waals surface area contributed by atoms with E-state index < -0.39 is 34.2 Å². The largest absolute Gasteiger partial charge is 0.451 e. The van der Waals surface area contributed by atoms with Gasteiger partial charge in [0, 0.05) is 5.41 Å². The van der Waals surface area contributed by atoms with Crippen LogP contribution in [0.4, 0.5) is 13.2 Å². The maximum atomic E-state index is 14.1. The van der Waals surface area contributed by atoms with Gasteiger partial charge in [0.05, 0.1) is 5.56 Å². The number of fused-ring (bicyclic) bond motifs is 2. The molecule has 0 amide bonds. The second kappa shape index (κ2) is 4.86. The summed E-state index contributed by atoms with van der Waals surface area (Å²) in [6.45, 7) is 3.26. The van der Waals surface area contributed by atoms with Crippen molar-refractivity contribution in [2.24, 2.45) is 5.41 Å². The number of hydrogen-bond acceptors (Lipinski definition) is 2. The van der Waals surface area contributed by atoms with Crippen molar-refractivity contribution in [3.05, 3.63) is 46.8 Å². The van der Waals surface area contributed by atoms with Crippen LogP contribution < -0.4 is 0 Å². The lowest BCUT2D eigenvalue weighted by molar-refractivity contribution is -0.0415. The molecule has 0 saturated heterocycles. The third kappa shape index (κ3) is 2.23. The number of hydrogen-bond donors (Lipinski definition) is 0. The highest BCUT2D eigenvalue weighted by Crippen LogP contribution is 2.53. The number of carbonyl (C=O) groups excluding carboxylic acids is 1. The second-order valence-electron chi connectivity index (χ2n) is 6.57. The van der Waals surface area contributed by atoms with Gasteiger partial charge in [0.2, 0.25) is 0 Å². The predicted octanol–water partition coefficient (Wildman–Crippen LogP) is 4.62. The van der Waals surface area contributed by atoms with Crippen molar-refractivity contribution in [1.82, 2.24) is 0 Å². The van der Waals surface area contributed by atoms with Gasteiger partial charge in [-0.3, -0.25) is 0 Å². The lowest BCUT2D eigenvalue weighted by Crippen LogP contribution is -2.45. The molecule has 0 unspecified atom stereocenters. The summed E-state index contributed by atoms with van der Waals surface area (Å²) in [5.41, 5.74) is -1.85. The molecular weight excluding hydrogens is 293 g/mol. The zero-order valence-electron chi connectivity index (χ0n) is 12.5. The molecule has 0 radical (unpaired) electrons. The number of halogens is 3. The summed E-state index contributed by atoms with van der Waals surface area (Å²) >= 11 is 0. The van der Waals surface area contributed by atoms with E-state index in [1.807, 2.05) is 6.92 Å². The molecule has 3 aliphatic carbocycles. The second-order valence-corrected chi connectivity index (χ2v) is 6.57. The van der Waals surface area contributed by atoms with Crippen LogP contribution in [0.1, 0.15) is 48.5 Å². The number of rotatable bonds is 2. The Balaban J connectivity index is 1.88. The van der Waals surface area contributed by atoms with Gasteiger partial charge in [-0.2, -0.15) is 0 Å². The van der Waals surface area contributed by atoms with Crippen molar-refractivity contribution >= 4 is 5.97 Å². The molecule has 22 heavy (non-hydrogen) atoms. The standard InChI is InChI=1S/C17H17F3O2/c1-10-3-4-11(14(20)13(10)19)15(21)22-17-7-5-16(2,6-8-17)12(18)9-17/h3-4,9H,5-8H2,1-2H3.